The lowest BCUT2D eigenvalue weighted by molar-refractivity contribution is -0.154. The molecule has 2 aliphatic rings. The van der Waals surface area contributed by atoms with Crippen molar-refractivity contribution in [3.8, 4) is 23.7 Å². The summed E-state index contributed by atoms with van der Waals surface area (Å²) in [5.74, 6) is -0.121. The number of aromatic nitrogens is 3. The van der Waals surface area contributed by atoms with Crippen molar-refractivity contribution in [3.05, 3.63) is 101 Å². The number of carbonyl (C=O) groups is 1. The number of amides is 1. The number of pyridine rings is 1. The highest BCUT2D eigenvalue weighted by Gasteiger charge is 2.44. The maximum atomic E-state index is 14.0. The molecule has 4 heterocycles. The van der Waals surface area contributed by atoms with Gasteiger partial charge in [-0.1, -0.05) is 60.7 Å². The first-order valence-corrected chi connectivity index (χ1v) is 17.4. The first-order chi connectivity index (χ1) is 25.2. The number of rotatable bonds is 13. The molecule has 1 amide bonds. The average molecular weight is 830 g/mol. The van der Waals surface area contributed by atoms with Crippen LogP contribution in [0.4, 0.5) is 13.2 Å². The number of benzene rings is 2. The lowest BCUT2D eigenvalue weighted by atomic mass is 9.81. The molecular formula is C38H46Cl3F3N6O5. The van der Waals surface area contributed by atoms with Gasteiger partial charge in [-0.3, -0.25) is 14.6 Å². The van der Waals surface area contributed by atoms with Crippen LogP contribution in [0.3, 0.4) is 0 Å². The van der Waals surface area contributed by atoms with Gasteiger partial charge < -0.3 is 23.8 Å². The number of hydrogen-bond donors (Lipinski definition) is 0. The molecule has 4 aromatic rings. The third kappa shape index (κ3) is 11.0. The number of halogens is 6. The summed E-state index contributed by atoms with van der Waals surface area (Å²) in [5.41, 5.74) is 2.94. The maximum absolute atomic E-state index is 14.0. The molecule has 0 aliphatic carbocycles. The van der Waals surface area contributed by atoms with Crippen LogP contribution >= 0.6 is 37.2 Å². The molecule has 6 rings (SSSR count). The van der Waals surface area contributed by atoms with E-state index >= 15 is 0 Å². The first kappa shape index (κ1) is 45.3. The summed E-state index contributed by atoms with van der Waals surface area (Å²) in [7, 11) is 1.40. The summed E-state index contributed by atoms with van der Waals surface area (Å²) in [4.78, 5) is 33.3. The van der Waals surface area contributed by atoms with Crippen molar-refractivity contribution in [3.63, 3.8) is 0 Å². The van der Waals surface area contributed by atoms with Crippen LogP contribution in [0.1, 0.15) is 46.8 Å². The molecule has 0 N–H and O–H groups in total. The normalized spacial score (nSPS) is 17.2. The Morgan fingerprint density at radius 1 is 0.800 bits per heavy atom. The fourth-order valence-corrected chi connectivity index (χ4v) is 7.17. The molecule has 300 valence electrons. The second-order valence-corrected chi connectivity index (χ2v) is 12.6. The number of carbonyl (C=O) groups excluding carboxylic acids is 1. The largest absolute Gasteiger partial charge is 0.481 e. The van der Waals surface area contributed by atoms with E-state index in [1.165, 1.54) is 7.11 Å². The Kier molecular flexibility index (Phi) is 17.1. The highest BCUT2D eigenvalue weighted by Crippen LogP contribution is 2.38. The molecule has 2 saturated heterocycles. The van der Waals surface area contributed by atoms with Crippen LogP contribution in [-0.2, 0) is 6.54 Å². The highest BCUT2D eigenvalue weighted by molar-refractivity contribution is 5.96. The Balaban J connectivity index is 0.00000271. The minimum absolute atomic E-state index is 0. The molecule has 11 nitrogen and oxygen atoms in total. The molecule has 2 atom stereocenters. The first-order valence-electron chi connectivity index (χ1n) is 17.4. The molecule has 2 aliphatic heterocycles. The summed E-state index contributed by atoms with van der Waals surface area (Å²) in [6.45, 7) is 5.31. The fraction of sp³-hybridized carbons (Fsp3) is 0.421. The van der Waals surface area contributed by atoms with E-state index in [1.54, 1.807) is 25.3 Å². The molecule has 2 unspecified atom stereocenters. The quantitative estimate of drug-likeness (QED) is 0.144. The molecule has 2 aromatic heterocycles. The van der Waals surface area contributed by atoms with Crippen molar-refractivity contribution in [2.24, 2.45) is 0 Å². The van der Waals surface area contributed by atoms with Crippen molar-refractivity contribution in [1.29, 1.82) is 0 Å². The number of piperazine rings is 2. The van der Waals surface area contributed by atoms with E-state index in [9.17, 15) is 18.0 Å². The molecule has 0 radical (unpaired) electrons. The predicted molar refractivity (Wildman–Crippen MR) is 209 cm³/mol. The monoisotopic (exact) mass is 828 g/mol. The Labute approximate surface area is 337 Å². The fourth-order valence-electron chi connectivity index (χ4n) is 7.17. The number of hydrogen-bond acceptors (Lipinski definition) is 10. The summed E-state index contributed by atoms with van der Waals surface area (Å²) in [5, 5.41) is 0. The molecule has 0 spiro atoms. The van der Waals surface area contributed by atoms with Crippen molar-refractivity contribution in [2.45, 2.75) is 44.6 Å². The van der Waals surface area contributed by atoms with Crippen LogP contribution in [0.5, 0.6) is 23.7 Å². The van der Waals surface area contributed by atoms with E-state index in [1.807, 2.05) is 48.2 Å². The zero-order chi connectivity index (χ0) is 36.7. The van der Waals surface area contributed by atoms with E-state index in [2.05, 4.69) is 49.0 Å². The van der Waals surface area contributed by atoms with Crippen molar-refractivity contribution in [1.82, 2.24) is 29.7 Å². The SMILES string of the molecule is CCOc1nc(OC)c(CN2CC3CN(C(=O)c4cccnc4OCC)CCN3C(C(c3ccccc3)c3ccccc3)C2)c(OCC(F)(F)F)n1.Cl.Cl.Cl. The Hall–Kier alpha value is -4.08. The lowest BCUT2D eigenvalue weighted by Crippen LogP contribution is -2.67. The van der Waals surface area contributed by atoms with E-state index in [-0.39, 0.29) is 97.6 Å². The second-order valence-electron chi connectivity index (χ2n) is 12.6. The third-order valence-electron chi connectivity index (χ3n) is 9.27. The van der Waals surface area contributed by atoms with Crippen LogP contribution in [0.2, 0.25) is 0 Å². The zero-order valence-corrected chi connectivity index (χ0v) is 33.1. The van der Waals surface area contributed by atoms with Gasteiger partial charge in [-0.2, -0.15) is 23.1 Å². The number of alkyl halides is 3. The van der Waals surface area contributed by atoms with Gasteiger partial charge in [0.2, 0.25) is 17.6 Å². The topological polar surface area (TPSA) is 102 Å². The summed E-state index contributed by atoms with van der Waals surface area (Å²) in [6.07, 6.45) is -2.99. The van der Waals surface area contributed by atoms with Gasteiger partial charge in [-0.05, 0) is 37.1 Å². The highest BCUT2D eigenvalue weighted by atomic mass is 35.5. The van der Waals surface area contributed by atoms with Gasteiger partial charge >= 0.3 is 12.2 Å². The van der Waals surface area contributed by atoms with Crippen molar-refractivity contribution >= 4 is 43.1 Å². The van der Waals surface area contributed by atoms with Crippen LogP contribution in [-0.4, -0.2) is 113 Å². The van der Waals surface area contributed by atoms with Gasteiger partial charge in [0, 0.05) is 63.5 Å². The summed E-state index contributed by atoms with van der Waals surface area (Å²) in [6, 6.07) is 23.7. The van der Waals surface area contributed by atoms with Gasteiger partial charge in [-0.15, -0.1) is 37.2 Å². The second kappa shape index (κ2) is 20.7. The van der Waals surface area contributed by atoms with E-state index in [4.69, 9.17) is 18.9 Å². The predicted octanol–water partition coefficient (Wildman–Crippen LogP) is 6.73. The standard InChI is InChI=1S/C38H43F3N6O5.3ClH/c1-4-50-33-29(17-12-18-42-33)36(48)46-19-20-47-28(22-46)21-45(24-31(47)32(26-13-8-6-9-14-26)27-15-10-7-11-16-27)23-30-34(49-3)43-37(51-5-2)44-35(30)52-25-38(39,40)41;;;/h6-18,28,31-32H,4-5,19-25H2,1-3H3;3*1H. The average Bonchev–Trinajstić information content (AvgIpc) is 3.15. The van der Waals surface area contributed by atoms with Gasteiger partial charge in [0.15, 0.2) is 6.61 Å². The van der Waals surface area contributed by atoms with Gasteiger partial charge in [0.25, 0.3) is 5.91 Å². The van der Waals surface area contributed by atoms with Crippen molar-refractivity contribution in [2.75, 3.05) is 59.7 Å². The molecule has 17 heteroatoms. The molecule has 2 fully saturated rings. The summed E-state index contributed by atoms with van der Waals surface area (Å²) >= 11 is 0. The van der Waals surface area contributed by atoms with Gasteiger partial charge in [0.1, 0.15) is 5.56 Å². The van der Waals surface area contributed by atoms with Crippen LogP contribution in [0, 0.1) is 0 Å². The Morgan fingerprint density at radius 3 is 2.04 bits per heavy atom. The Bertz CT molecular complexity index is 1760. The van der Waals surface area contributed by atoms with Crippen LogP contribution in [0.15, 0.2) is 79.0 Å². The van der Waals surface area contributed by atoms with Gasteiger partial charge in [0.05, 0.1) is 25.9 Å². The smallest absolute Gasteiger partial charge is 0.422 e. The minimum atomic E-state index is -4.59. The van der Waals surface area contributed by atoms with Crippen LogP contribution in [0.25, 0.3) is 0 Å². The van der Waals surface area contributed by atoms with Crippen molar-refractivity contribution < 1.29 is 36.9 Å². The number of methoxy groups -OCH3 is 1. The van der Waals surface area contributed by atoms with Crippen LogP contribution < -0.4 is 18.9 Å². The van der Waals surface area contributed by atoms with E-state index in [0.717, 1.165) is 11.1 Å². The van der Waals surface area contributed by atoms with E-state index in [0.29, 0.717) is 50.8 Å². The zero-order valence-electron chi connectivity index (χ0n) is 30.7. The maximum Gasteiger partial charge on any atom is 0.422 e. The molecule has 0 bridgehead atoms. The number of nitrogens with zero attached hydrogens (tertiary/aromatic N) is 6. The van der Waals surface area contributed by atoms with E-state index < -0.39 is 12.8 Å². The third-order valence-corrected chi connectivity index (χ3v) is 9.27. The molecule has 0 saturated carbocycles. The number of ether oxygens (including phenoxy) is 4. The Morgan fingerprint density at radius 2 is 1.44 bits per heavy atom. The minimum Gasteiger partial charge on any atom is -0.481 e. The molecular weight excluding hydrogens is 784 g/mol. The lowest BCUT2D eigenvalue weighted by Gasteiger charge is -2.53. The molecule has 2 aromatic carbocycles. The number of fused-ring (bicyclic) bond motifs is 1. The van der Waals surface area contributed by atoms with Gasteiger partial charge in [-0.25, -0.2) is 4.98 Å². The summed E-state index contributed by atoms with van der Waals surface area (Å²) < 4.78 is 62.2. The molecule has 55 heavy (non-hydrogen) atoms.